The first kappa shape index (κ1) is 19.6. The van der Waals surface area contributed by atoms with E-state index in [4.69, 9.17) is 0 Å². The minimum absolute atomic E-state index is 0.00781. The van der Waals surface area contributed by atoms with E-state index in [-0.39, 0.29) is 17.6 Å². The molecule has 0 aromatic heterocycles. The van der Waals surface area contributed by atoms with Crippen molar-refractivity contribution in [2.75, 3.05) is 31.5 Å². The molecule has 0 aliphatic carbocycles. The summed E-state index contributed by atoms with van der Waals surface area (Å²) in [5, 5.41) is 3.14. The zero-order chi connectivity index (χ0) is 20.1. The summed E-state index contributed by atoms with van der Waals surface area (Å²) in [6, 6.07) is 13.2. The van der Waals surface area contributed by atoms with Gasteiger partial charge in [0, 0.05) is 38.8 Å². The van der Waals surface area contributed by atoms with Gasteiger partial charge in [0.2, 0.25) is 5.91 Å². The van der Waals surface area contributed by atoms with Gasteiger partial charge in [-0.1, -0.05) is 12.1 Å². The Bertz CT molecular complexity index is 835. The van der Waals surface area contributed by atoms with E-state index < -0.39 is 6.61 Å². The number of halogens is 2. The molecule has 6 nitrogen and oxygen atoms in total. The largest absolute Gasteiger partial charge is 0.435 e. The van der Waals surface area contributed by atoms with Crippen LogP contribution in [-0.2, 0) is 4.79 Å². The minimum Gasteiger partial charge on any atom is -0.435 e. The molecule has 0 bridgehead atoms. The van der Waals surface area contributed by atoms with Gasteiger partial charge in [-0.2, -0.15) is 8.78 Å². The van der Waals surface area contributed by atoms with E-state index >= 15 is 0 Å². The van der Waals surface area contributed by atoms with Crippen molar-refractivity contribution >= 4 is 23.2 Å². The number of ether oxygens (including phenoxy) is 1. The molecule has 0 spiro atoms. The first-order valence-corrected chi connectivity index (χ1v) is 8.90. The summed E-state index contributed by atoms with van der Waals surface area (Å²) in [6.45, 7) is 0.637. The van der Waals surface area contributed by atoms with Crippen molar-refractivity contribution in [3.63, 3.8) is 0 Å². The van der Waals surface area contributed by atoms with Gasteiger partial charge < -0.3 is 19.9 Å². The third kappa shape index (κ3) is 4.76. The second-order valence-electron chi connectivity index (χ2n) is 6.37. The van der Waals surface area contributed by atoms with Crippen LogP contribution in [0.4, 0.5) is 20.2 Å². The van der Waals surface area contributed by atoms with Gasteiger partial charge in [0.25, 0.3) is 5.91 Å². The Hall–Kier alpha value is -3.16. The Morgan fingerprint density at radius 1 is 0.964 bits per heavy atom. The molecule has 3 rings (SSSR count). The second kappa shape index (κ2) is 8.69. The van der Waals surface area contributed by atoms with Crippen LogP contribution in [0, 0.1) is 0 Å². The van der Waals surface area contributed by atoms with Gasteiger partial charge in [-0.05, 0) is 36.4 Å². The summed E-state index contributed by atoms with van der Waals surface area (Å²) in [5.74, 6) is -0.0503. The number of anilines is 2. The molecule has 0 unspecified atom stereocenters. The molecular weight excluding hydrogens is 368 g/mol. The number of hydrogen-bond acceptors (Lipinski definition) is 4. The number of alkyl halides is 2. The molecule has 1 fully saturated rings. The van der Waals surface area contributed by atoms with Gasteiger partial charge in [-0.25, -0.2) is 0 Å². The second-order valence-corrected chi connectivity index (χ2v) is 6.37. The predicted molar refractivity (Wildman–Crippen MR) is 101 cm³/mol. The summed E-state index contributed by atoms with van der Waals surface area (Å²) in [5.41, 5.74) is 1.76. The molecule has 148 valence electrons. The summed E-state index contributed by atoms with van der Waals surface area (Å²) in [7, 11) is 0. The van der Waals surface area contributed by atoms with Crippen LogP contribution in [0.15, 0.2) is 48.5 Å². The first-order chi connectivity index (χ1) is 13.4. The topological polar surface area (TPSA) is 61.9 Å². The zero-order valence-corrected chi connectivity index (χ0v) is 15.4. The summed E-state index contributed by atoms with van der Waals surface area (Å²) < 4.78 is 28.8. The Labute approximate surface area is 161 Å². The van der Waals surface area contributed by atoms with E-state index in [1.165, 1.54) is 19.1 Å². The molecule has 1 aliphatic heterocycles. The Balaban J connectivity index is 1.71. The van der Waals surface area contributed by atoms with E-state index in [9.17, 15) is 18.4 Å². The Kier molecular flexibility index (Phi) is 6.08. The van der Waals surface area contributed by atoms with Crippen LogP contribution in [0.25, 0.3) is 0 Å². The van der Waals surface area contributed by atoms with E-state index in [2.05, 4.69) is 10.1 Å². The van der Waals surface area contributed by atoms with E-state index in [1.807, 2.05) is 0 Å². The van der Waals surface area contributed by atoms with Gasteiger partial charge in [0.15, 0.2) is 0 Å². The smallest absolute Gasteiger partial charge is 0.387 e. The molecule has 2 amide bonds. The molecule has 2 aromatic rings. The summed E-state index contributed by atoms with van der Waals surface area (Å²) >= 11 is 0. The van der Waals surface area contributed by atoms with Gasteiger partial charge >= 0.3 is 6.61 Å². The van der Waals surface area contributed by atoms with Crippen molar-refractivity contribution in [2.45, 2.75) is 13.5 Å². The SMILES string of the molecule is CC(=O)N1CCN(C(=O)c2ccccc2Nc2ccc(OC(F)F)cc2)CC1. The van der Waals surface area contributed by atoms with E-state index in [0.717, 1.165) is 0 Å². The number of carbonyl (C=O) groups excluding carboxylic acids is 2. The van der Waals surface area contributed by atoms with Crippen LogP contribution in [0.2, 0.25) is 0 Å². The number of rotatable bonds is 5. The number of nitrogens with zero attached hydrogens (tertiary/aromatic N) is 2. The Morgan fingerprint density at radius 3 is 2.18 bits per heavy atom. The van der Waals surface area contributed by atoms with Crippen molar-refractivity contribution < 1.29 is 23.1 Å². The number of benzene rings is 2. The molecule has 8 heteroatoms. The highest BCUT2D eigenvalue weighted by molar-refractivity contribution is 6.00. The maximum atomic E-state index is 12.9. The van der Waals surface area contributed by atoms with Crippen LogP contribution >= 0.6 is 0 Å². The highest BCUT2D eigenvalue weighted by atomic mass is 19.3. The van der Waals surface area contributed by atoms with Crippen LogP contribution in [0.5, 0.6) is 5.75 Å². The minimum atomic E-state index is -2.87. The fourth-order valence-electron chi connectivity index (χ4n) is 3.05. The molecule has 0 atom stereocenters. The molecule has 2 aromatic carbocycles. The zero-order valence-electron chi connectivity index (χ0n) is 15.4. The average molecular weight is 389 g/mol. The number of nitrogens with one attached hydrogen (secondary N) is 1. The van der Waals surface area contributed by atoms with Crippen molar-refractivity contribution in [1.29, 1.82) is 0 Å². The van der Waals surface area contributed by atoms with Crippen LogP contribution in [-0.4, -0.2) is 54.4 Å². The maximum Gasteiger partial charge on any atom is 0.387 e. The van der Waals surface area contributed by atoms with E-state index in [0.29, 0.717) is 43.1 Å². The van der Waals surface area contributed by atoms with Gasteiger partial charge in [-0.3, -0.25) is 9.59 Å². The van der Waals surface area contributed by atoms with Crippen molar-refractivity contribution in [3.05, 3.63) is 54.1 Å². The molecule has 1 aliphatic rings. The third-order valence-electron chi connectivity index (χ3n) is 4.53. The lowest BCUT2D eigenvalue weighted by Gasteiger charge is -2.34. The van der Waals surface area contributed by atoms with E-state index in [1.54, 1.807) is 46.2 Å². The fraction of sp³-hybridized carbons (Fsp3) is 0.300. The molecule has 28 heavy (non-hydrogen) atoms. The molecule has 0 saturated carbocycles. The maximum absolute atomic E-state index is 12.9. The fourth-order valence-corrected chi connectivity index (χ4v) is 3.05. The van der Waals surface area contributed by atoms with Crippen LogP contribution in [0.3, 0.4) is 0 Å². The van der Waals surface area contributed by atoms with Crippen LogP contribution in [0.1, 0.15) is 17.3 Å². The molecular formula is C20H21F2N3O3. The predicted octanol–water partition coefficient (Wildman–Crippen LogP) is 3.34. The summed E-state index contributed by atoms with van der Waals surface area (Å²) in [6.07, 6.45) is 0. The first-order valence-electron chi connectivity index (χ1n) is 8.90. The molecule has 1 N–H and O–H groups in total. The van der Waals surface area contributed by atoms with Crippen molar-refractivity contribution in [2.24, 2.45) is 0 Å². The standard InChI is InChI=1S/C20H21F2N3O3/c1-14(26)24-10-12-25(13-11-24)19(27)17-4-2-3-5-18(17)23-15-6-8-16(9-7-15)28-20(21)22/h2-9,20,23H,10-13H2,1H3. The number of piperazine rings is 1. The number of amides is 2. The molecule has 0 radical (unpaired) electrons. The highest BCUT2D eigenvalue weighted by Crippen LogP contribution is 2.25. The number of hydrogen-bond donors (Lipinski definition) is 1. The lowest BCUT2D eigenvalue weighted by atomic mass is 10.1. The van der Waals surface area contributed by atoms with Crippen molar-refractivity contribution in [3.8, 4) is 5.75 Å². The number of carbonyl (C=O) groups is 2. The van der Waals surface area contributed by atoms with Gasteiger partial charge in [0.1, 0.15) is 5.75 Å². The monoisotopic (exact) mass is 389 g/mol. The quantitative estimate of drug-likeness (QED) is 0.852. The molecule has 1 heterocycles. The summed E-state index contributed by atoms with van der Waals surface area (Å²) in [4.78, 5) is 27.8. The van der Waals surface area contributed by atoms with Crippen LogP contribution < -0.4 is 10.1 Å². The normalized spacial score (nSPS) is 14.1. The van der Waals surface area contributed by atoms with Crippen molar-refractivity contribution in [1.82, 2.24) is 9.80 Å². The third-order valence-corrected chi connectivity index (χ3v) is 4.53. The number of para-hydroxylation sites is 1. The lowest BCUT2D eigenvalue weighted by Crippen LogP contribution is -2.50. The van der Waals surface area contributed by atoms with Gasteiger partial charge in [0.05, 0.1) is 11.3 Å². The molecule has 1 saturated heterocycles. The lowest BCUT2D eigenvalue weighted by molar-refractivity contribution is -0.130. The average Bonchev–Trinajstić information content (AvgIpc) is 2.69. The highest BCUT2D eigenvalue weighted by Gasteiger charge is 2.24. The Morgan fingerprint density at radius 2 is 1.57 bits per heavy atom. The van der Waals surface area contributed by atoms with Gasteiger partial charge in [-0.15, -0.1) is 0 Å².